The monoisotopic (exact) mass is 482 g/mol. The molecule has 2 aromatic carbocycles. The SMILES string of the molecule is Cc1ccc2c(c1)[C@@H]1CN(C)CC[C@@H]1N2C(=O)c1nn(-c2cccc(C(F)(F)F)c2)c(C)cc1=O. The maximum Gasteiger partial charge on any atom is 0.416 e. The minimum absolute atomic E-state index is 0.111. The van der Waals surface area contributed by atoms with E-state index >= 15 is 0 Å². The van der Waals surface area contributed by atoms with Crippen LogP contribution >= 0.6 is 0 Å². The first-order chi connectivity index (χ1) is 16.5. The number of carbonyl (C=O) groups excluding carboxylic acids is 1. The Labute approximate surface area is 200 Å². The van der Waals surface area contributed by atoms with E-state index in [2.05, 4.69) is 16.1 Å². The van der Waals surface area contributed by atoms with Gasteiger partial charge in [0.1, 0.15) is 0 Å². The smallest absolute Gasteiger partial charge is 0.306 e. The molecule has 1 saturated heterocycles. The number of carbonyl (C=O) groups is 1. The van der Waals surface area contributed by atoms with Crippen LogP contribution in [-0.2, 0) is 6.18 Å². The highest BCUT2D eigenvalue weighted by Crippen LogP contribution is 2.45. The van der Waals surface area contributed by atoms with Gasteiger partial charge in [0.05, 0.1) is 11.3 Å². The molecular formula is C26H25F3N4O2. The standard InChI is InChI=1S/C26H25F3N4O2/c1-15-7-8-21-19(11-15)20-14-31(3)10-9-22(20)32(21)25(35)24-23(34)12-16(2)33(30-24)18-6-4-5-17(13-18)26(27,28)29/h4-8,11-13,20,22H,9-10,14H2,1-3H3/t20-,22-/m0/s1. The van der Waals surface area contributed by atoms with Crippen LogP contribution in [0.2, 0.25) is 0 Å². The summed E-state index contributed by atoms with van der Waals surface area (Å²) in [5, 5.41) is 4.29. The van der Waals surface area contributed by atoms with Crippen molar-refractivity contribution in [2.24, 2.45) is 0 Å². The summed E-state index contributed by atoms with van der Waals surface area (Å²) >= 11 is 0. The molecular weight excluding hydrogens is 457 g/mol. The van der Waals surface area contributed by atoms with Crippen LogP contribution in [0, 0.1) is 13.8 Å². The minimum atomic E-state index is -4.53. The van der Waals surface area contributed by atoms with Gasteiger partial charge in [-0.05, 0) is 63.7 Å². The molecule has 2 aliphatic rings. The number of amides is 1. The second-order valence-electron chi connectivity index (χ2n) is 9.42. The fourth-order valence-electron chi connectivity index (χ4n) is 5.23. The number of aromatic nitrogens is 2. The molecule has 1 fully saturated rings. The molecule has 0 saturated carbocycles. The quantitative estimate of drug-likeness (QED) is 0.546. The summed E-state index contributed by atoms with van der Waals surface area (Å²) < 4.78 is 41.0. The summed E-state index contributed by atoms with van der Waals surface area (Å²) in [6.07, 6.45) is -3.78. The number of rotatable bonds is 2. The largest absolute Gasteiger partial charge is 0.416 e. The molecule has 6 nitrogen and oxygen atoms in total. The van der Waals surface area contributed by atoms with Crippen LogP contribution in [0.5, 0.6) is 0 Å². The maximum atomic E-state index is 13.8. The summed E-state index contributed by atoms with van der Waals surface area (Å²) in [4.78, 5) is 30.6. The molecule has 0 N–H and O–H groups in total. The summed E-state index contributed by atoms with van der Waals surface area (Å²) in [6.45, 7) is 5.18. The third kappa shape index (κ3) is 4.03. The van der Waals surface area contributed by atoms with Gasteiger partial charge in [0, 0.05) is 36.0 Å². The molecule has 35 heavy (non-hydrogen) atoms. The van der Waals surface area contributed by atoms with Crippen molar-refractivity contribution in [3.05, 3.63) is 86.8 Å². The summed E-state index contributed by atoms with van der Waals surface area (Å²) in [7, 11) is 2.05. The number of anilines is 1. The second-order valence-corrected chi connectivity index (χ2v) is 9.42. The van der Waals surface area contributed by atoms with Crippen LogP contribution in [0.25, 0.3) is 5.69 Å². The lowest BCUT2D eigenvalue weighted by Gasteiger charge is -2.36. The first-order valence-electron chi connectivity index (χ1n) is 11.5. The van der Waals surface area contributed by atoms with Crippen LogP contribution in [-0.4, -0.2) is 46.8 Å². The number of fused-ring (bicyclic) bond motifs is 3. The average Bonchev–Trinajstić information content (AvgIpc) is 3.11. The van der Waals surface area contributed by atoms with Crippen molar-refractivity contribution < 1.29 is 18.0 Å². The lowest BCUT2D eigenvalue weighted by molar-refractivity contribution is -0.137. The van der Waals surface area contributed by atoms with Gasteiger partial charge < -0.3 is 9.80 Å². The number of benzene rings is 2. The zero-order valence-corrected chi connectivity index (χ0v) is 19.6. The summed E-state index contributed by atoms with van der Waals surface area (Å²) in [6, 6.07) is 11.7. The normalized spacial score (nSPS) is 20.0. The van der Waals surface area contributed by atoms with E-state index < -0.39 is 23.1 Å². The lowest BCUT2D eigenvalue weighted by Crippen LogP contribution is -2.48. The Kier molecular flexibility index (Phi) is 5.55. The molecule has 0 unspecified atom stereocenters. The molecule has 9 heteroatoms. The van der Waals surface area contributed by atoms with Crippen LogP contribution in [0.15, 0.2) is 53.3 Å². The number of likely N-dealkylation sites (N-methyl/N-ethyl adjacent to an activating group) is 1. The molecule has 0 spiro atoms. The summed E-state index contributed by atoms with van der Waals surface area (Å²) in [5.41, 5.74) is 1.69. The molecule has 3 aromatic rings. The van der Waals surface area contributed by atoms with E-state index in [-0.39, 0.29) is 23.3 Å². The number of halogens is 3. The second kappa shape index (κ2) is 8.34. The van der Waals surface area contributed by atoms with Crippen molar-refractivity contribution >= 4 is 11.6 Å². The number of aryl methyl sites for hydroxylation is 2. The van der Waals surface area contributed by atoms with Crippen molar-refractivity contribution in [2.45, 2.75) is 38.4 Å². The topological polar surface area (TPSA) is 58.4 Å². The highest BCUT2D eigenvalue weighted by molar-refractivity contribution is 6.06. The van der Waals surface area contributed by atoms with Gasteiger partial charge in [-0.25, -0.2) is 4.68 Å². The third-order valence-electron chi connectivity index (χ3n) is 6.90. The van der Waals surface area contributed by atoms with Gasteiger partial charge in [0.15, 0.2) is 5.69 Å². The van der Waals surface area contributed by atoms with Crippen LogP contribution < -0.4 is 10.3 Å². The Hall–Kier alpha value is -3.46. The van der Waals surface area contributed by atoms with Gasteiger partial charge in [0.2, 0.25) is 5.43 Å². The molecule has 0 radical (unpaired) electrons. The summed E-state index contributed by atoms with van der Waals surface area (Å²) in [5.74, 6) is -0.415. The van der Waals surface area contributed by atoms with Crippen LogP contribution in [0.3, 0.4) is 0 Å². The molecule has 182 valence electrons. The van der Waals surface area contributed by atoms with E-state index in [9.17, 15) is 22.8 Å². The molecule has 2 aliphatic heterocycles. The number of alkyl halides is 3. The minimum Gasteiger partial charge on any atom is -0.306 e. The molecule has 0 bridgehead atoms. The Bertz CT molecular complexity index is 1380. The Morgan fingerprint density at radius 2 is 1.86 bits per heavy atom. The van der Waals surface area contributed by atoms with Gasteiger partial charge in [-0.1, -0.05) is 23.8 Å². The van der Waals surface area contributed by atoms with Gasteiger partial charge in [-0.3, -0.25) is 9.59 Å². The molecule has 3 heterocycles. The Balaban J connectivity index is 1.60. The number of likely N-dealkylation sites (tertiary alicyclic amines) is 1. The highest BCUT2D eigenvalue weighted by Gasteiger charge is 2.45. The van der Waals surface area contributed by atoms with Gasteiger partial charge in [-0.15, -0.1) is 0 Å². The number of nitrogens with zero attached hydrogens (tertiary/aromatic N) is 4. The van der Waals surface area contributed by atoms with Crippen molar-refractivity contribution in [2.75, 3.05) is 25.0 Å². The number of piperidine rings is 1. The first kappa shape index (κ1) is 23.3. The van der Waals surface area contributed by atoms with Crippen molar-refractivity contribution in [3.63, 3.8) is 0 Å². The molecule has 2 atom stereocenters. The van der Waals surface area contributed by atoms with Gasteiger partial charge in [0.25, 0.3) is 5.91 Å². The number of hydrogen-bond acceptors (Lipinski definition) is 4. The third-order valence-corrected chi connectivity index (χ3v) is 6.90. The lowest BCUT2D eigenvalue weighted by atomic mass is 9.89. The fraction of sp³-hybridized carbons (Fsp3) is 0.346. The molecule has 1 aromatic heterocycles. The zero-order valence-electron chi connectivity index (χ0n) is 19.6. The average molecular weight is 483 g/mol. The van der Waals surface area contributed by atoms with Crippen molar-refractivity contribution in [3.8, 4) is 5.69 Å². The number of hydrogen-bond donors (Lipinski definition) is 0. The van der Waals surface area contributed by atoms with Crippen molar-refractivity contribution in [1.82, 2.24) is 14.7 Å². The fourth-order valence-corrected chi connectivity index (χ4v) is 5.23. The maximum absolute atomic E-state index is 13.8. The van der Waals surface area contributed by atoms with E-state index in [4.69, 9.17) is 0 Å². The van der Waals surface area contributed by atoms with Gasteiger partial charge >= 0.3 is 6.18 Å². The van der Waals surface area contributed by atoms with E-state index in [1.165, 1.54) is 22.9 Å². The van der Waals surface area contributed by atoms with Crippen molar-refractivity contribution in [1.29, 1.82) is 0 Å². The van der Waals surface area contributed by atoms with Gasteiger partial charge in [-0.2, -0.15) is 18.3 Å². The van der Waals surface area contributed by atoms with E-state index in [1.807, 2.05) is 26.1 Å². The molecule has 1 amide bonds. The van der Waals surface area contributed by atoms with Crippen LogP contribution in [0.1, 0.15) is 45.2 Å². The molecule has 5 rings (SSSR count). The Morgan fingerprint density at radius 3 is 2.60 bits per heavy atom. The predicted molar refractivity (Wildman–Crippen MR) is 126 cm³/mol. The van der Waals surface area contributed by atoms with E-state index in [1.54, 1.807) is 11.8 Å². The Morgan fingerprint density at radius 1 is 1.09 bits per heavy atom. The predicted octanol–water partition coefficient (Wildman–Crippen LogP) is 4.32. The first-order valence-corrected chi connectivity index (χ1v) is 11.5. The van der Waals surface area contributed by atoms with Crippen LogP contribution in [0.4, 0.5) is 18.9 Å². The highest BCUT2D eigenvalue weighted by atomic mass is 19.4. The molecule has 0 aliphatic carbocycles. The zero-order chi connectivity index (χ0) is 25.1. The van der Waals surface area contributed by atoms with E-state index in [0.717, 1.165) is 48.5 Å². The van der Waals surface area contributed by atoms with E-state index in [0.29, 0.717) is 5.69 Å².